The molecule has 0 saturated carbocycles. The first-order valence-corrected chi connectivity index (χ1v) is 7.86. The van der Waals surface area contributed by atoms with Gasteiger partial charge in [0.05, 0.1) is 6.20 Å². The minimum atomic E-state index is 0.237. The smallest absolute Gasteiger partial charge is 0.138 e. The monoisotopic (exact) mass is 298 g/mol. The normalized spacial score (nSPS) is 17.0. The summed E-state index contributed by atoms with van der Waals surface area (Å²) < 4.78 is 5.80. The molecule has 3 rings (SSSR count). The van der Waals surface area contributed by atoms with Crippen molar-refractivity contribution in [2.45, 2.75) is 25.3 Å². The SMILES string of the molecule is OCCCc1ccc(-c2cncc(OC[C@@H]3CCN3)c2)cc1. The minimum Gasteiger partial charge on any atom is -0.490 e. The second-order valence-corrected chi connectivity index (χ2v) is 5.68. The summed E-state index contributed by atoms with van der Waals surface area (Å²) in [4.78, 5) is 4.28. The maximum atomic E-state index is 8.88. The van der Waals surface area contributed by atoms with Crippen molar-refractivity contribution in [2.75, 3.05) is 19.8 Å². The molecule has 0 spiro atoms. The second-order valence-electron chi connectivity index (χ2n) is 5.68. The lowest BCUT2D eigenvalue weighted by Gasteiger charge is -2.27. The van der Waals surface area contributed by atoms with Crippen molar-refractivity contribution in [3.63, 3.8) is 0 Å². The summed E-state index contributed by atoms with van der Waals surface area (Å²) in [5.41, 5.74) is 3.44. The van der Waals surface area contributed by atoms with Crippen LogP contribution in [0.3, 0.4) is 0 Å². The number of rotatable bonds is 7. The number of nitrogens with one attached hydrogen (secondary N) is 1. The highest BCUT2D eigenvalue weighted by Gasteiger charge is 2.16. The zero-order valence-corrected chi connectivity index (χ0v) is 12.7. The number of benzene rings is 1. The molecule has 2 heterocycles. The quantitative estimate of drug-likeness (QED) is 0.824. The molecule has 1 fully saturated rings. The van der Waals surface area contributed by atoms with Gasteiger partial charge in [-0.05, 0) is 43.0 Å². The number of hydrogen-bond acceptors (Lipinski definition) is 4. The Labute approximate surface area is 131 Å². The van der Waals surface area contributed by atoms with E-state index < -0.39 is 0 Å². The Bertz CT molecular complexity index is 594. The number of aryl methyl sites for hydroxylation is 1. The van der Waals surface area contributed by atoms with E-state index in [2.05, 4.69) is 34.6 Å². The van der Waals surface area contributed by atoms with Crippen molar-refractivity contribution in [3.8, 4) is 16.9 Å². The molecule has 0 unspecified atom stereocenters. The summed E-state index contributed by atoms with van der Waals surface area (Å²) in [7, 11) is 0. The van der Waals surface area contributed by atoms with Gasteiger partial charge in [0.2, 0.25) is 0 Å². The number of nitrogens with zero attached hydrogens (tertiary/aromatic N) is 1. The van der Waals surface area contributed by atoms with Crippen LogP contribution < -0.4 is 10.1 Å². The standard InChI is InChI=1S/C18H22N2O2/c21-9-1-2-14-3-5-15(6-4-14)16-10-18(12-19-11-16)22-13-17-7-8-20-17/h3-6,10-12,17,20-21H,1-2,7-9,13H2/t17-/m0/s1. The van der Waals surface area contributed by atoms with Gasteiger partial charge in [-0.3, -0.25) is 4.98 Å². The van der Waals surface area contributed by atoms with Gasteiger partial charge < -0.3 is 15.2 Å². The lowest BCUT2D eigenvalue weighted by atomic mass is 10.0. The van der Waals surface area contributed by atoms with Crippen LogP contribution in [0.5, 0.6) is 5.75 Å². The van der Waals surface area contributed by atoms with Crippen LogP contribution in [0.15, 0.2) is 42.7 Å². The van der Waals surface area contributed by atoms with Gasteiger partial charge in [-0.25, -0.2) is 0 Å². The molecular formula is C18H22N2O2. The Balaban J connectivity index is 1.65. The molecule has 0 amide bonds. The molecule has 1 aromatic carbocycles. The van der Waals surface area contributed by atoms with E-state index >= 15 is 0 Å². The summed E-state index contributed by atoms with van der Waals surface area (Å²) in [5, 5.41) is 12.2. The molecule has 4 heteroatoms. The third-order valence-corrected chi connectivity index (χ3v) is 4.00. The molecule has 4 nitrogen and oxygen atoms in total. The van der Waals surface area contributed by atoms with Crippen molar-refractivity contribution < 1.29 is 9.84 Å². The number of aromatic nitrogens is 1. The molecule has 2 N–H and O–H groups in total. The largest absolute Gasteiger partial charge is 0.490 e. The van der Waals surface area contributed by atoms with E-state index in [1.165, 1.54) is 12.0 Å². The van der Waals surface area contributed by atoms with Gasteiger partial charge in [-0.1, -0.05) is 24.3 Å². The van der Waals surface area contributed by atoms with Crippen LogP contribution in [0.1, 0.15) is 18.4 Å². The highest BCUT2D eigenvalue weighted by atomic mass is 16.5. The van der Waals surface area contributed by atoms with E-state index in [-0.39, 0.29) is 6.61 Å². The van der Waals surface area contributed by atoms with Gasteiger partial charge in [0.25, 0.3) is 0 Å². The van der Waals surface area contributed by atoms with E-state index in [0.29, 0.717) is 12.6 Å². The lowest BCUT2D eigenvalue weighted by molar-refractivity contribution is 0.217. The van der Waals surface area contributed by atoms with E-state index in [1.807, 2.05) is 12.3 Å². The topological polar surface area (TPSA) is 54.4 Å². The number of aliphatic hydroxyl groups excluding tert-OH is 1. The average molecular weight is 298 g/mol. The zero-order chi connectivity index (χ0) is 15.2. The van der Waals surface area contributed by atoms with Crippen molar-refractivity contribution >= 4 is 0 Å². The molecular weight excluding hydrogens is 276 g/mol. The van der Waals surface area contributed by atoms with Crippen LogP contribution in [0.2, 0.25) is 0 Å². The highest BCUT2D eigenvalue weighted by Crippen LogP contribution is 2.23. The van der Waals surface area contributed by atoms with Crippen LogP contribution in [0.4, 0.5) is 0 Å². The third-order valence-electron chi connectivity index (χ3n) is 4.00. The highest BCUT2D eigenvalue weighted by molar-refractivity contribution is 5.64. The maximum absolute atomic E-state index is 8.88. The zero-order valence-electron chi connectivity index (χ0n) is 12.7. The van der Waals surface area contributed by atoms with Gasteiger partial charge in [0.1, 0.15) is 12.4 Å². The summed E-state index contributed by atoms with van der Waals surface area (Å²) in [6.07, 6.45) is 6.52. The molecule has 1 aliphatic rings. The molecule has 0 aliphatic carbocycles. The van der Waals surface area contributed by atoms with E-state index in [0.717, 1.165) is 36.3 Å². The van der Waals surface area contributed by atoms with Crippen molar-refractivity contribution in [2.24, 2.45) is 0 Å². The van der Waals surface area contributed by atoms with Gasteiger partial charge in [-0.15, -0.1) is 0 Å². The van der Waals surface area contributed by atoms with Crippen molar-refractivity contribution in [1.82, 2.24) is 10.3 Å². The first kappa shape index (κ1) is 15.0. The first-order chi connectivity index (χ1) is 10.8. The van der Waals surface area contributed by atoms with Gasteiger partial charge in [0, 0.05) is 24.4 Å². The summed E-state index contributed by atoms with van der Waals surface area (Å²) >= 11 is 0. The maximum Gasteiger partial charge on any atom is 0.138 e. The molecule has 0 bridgehead atoms. The fraction of sp³-hybridized carbons (Fsp3) is 0.389. The Morgan fingerprint density at radius 2 is 2.00 bits per heavy atom. The molecule has 1 atom stereocenters. The summed E-state index contributed by atoms with van der Waals surface area (Å²) in [5.74, 6) is 0.815. The Hall–Kier alpha value is -1.91. The summed E-state index contributed by atoms with van der Waals surface area (Å²) in [6.45, 7) is 2.03. The molecule has 1 aliphatic heterocycles. The van der Waals surface area contributed by atoms with Crippen LogP contribution in [-0.2, 0) is 6.42 Å². The lowest BCUT2D eigenvalue weighted by Crippen LogP contribution is -2.46. The second kappa shape index (κ2) is 7.38. The van der Waals surface area contributed by atoms with Gasteiger partial charge in [-0.2, -0.15) is 0 Å². The third kappa shape index (κ3) is 3.84. The number of aliphatic hydroxyl groups is 1. The number of pyridine rings is 1. The van der Waals surface area contributed by atoms with E-state index in [9.17, 15) is 0 Å². The predicted molar refractivity (Wildman–Crippen MR) is 87.0 cm³/mol. The Kier molecular flexibility index (Phi) is 5.03. The fourth-order valence-electron chi connectivity index (χ4n) is 2.49. The van der Waals surface area contributed by atoms with Crippen LogP contribution in [0, 0.1) is 0 Å². The van der Waals surface area contributed by atoms with E-state index in [1.54, 1.807) is 6.20 Å². The predicted octanol–water partition coefficient (Wildman–Crippen LogP) is 2.41. The van der Waals surface area contributed by atoms with E-state index in [4.69, 9.17) is 9.84 Å². The number of ether oxygens (including phenoxy) is 1. The fourth-order valence-corrected chi connectivity index (χ4v) is 2.49. The van der Waals surface area contributed by atoms with Gasteiger partial charge >= 0.3 is 0 Å². The Morgan fingerprint density at radius 1 is 1.18 bits per heavy atom. The molecule has 22 heavy (non-hydrogen) atoms. The molecule has 2 aromatic rings. The van der Waals surface area contributed by atoms with Crippen molar-refractivity contribution in [3.05, 3.63) is 48.3 Å². The average Bonchev–Trinajstić information content (AvgIpc) is 2.52. The first-order valence-electron chi connectivity index (χ1n) is 7.86. The van der Waals surface area contributed by atoms with Gasteiger partial charge in [0.15, 0.2) is 0 Å². The Morgan fingerprint density at radius 3 is 2.68 bits per heavy atom. The van der Waals surface area contributed by atoms with Crippen LogP contribution in [-0.4, -0.2) is 35.9 Å². The molecule has 1 saturated heterocycles. The van der Waals surface area contributed by atoms with Crippen LogP contribution in [0.25, 0.3) is 11.1 Å². The minimum absolute atomic E-state index is 0.237. The molecule has 116 valence electrons. The molecule has 0 radical (unpaired) electrons. The number of hydrogen-bond donors (Lipinski definition) is 2. The molecule has 1 aromatic heterocycles. The van der Waals surface area contributed by atoms with Crippen molar-refractivity contribution in [1.29, 1.82) is 0 Å². The van der Waals surface area contributed by atoms with Crippen LogP contribution >= 0.6 is 0 Å². The summed E-state index contributed by atoms with van der Waals surface area (Å²) in [6, 6.07) is 10.9.